The second-order valence-corrected chi connectivity index (χ2v) is 6.58. The first-order valence-corrected chi connectivity index (χ1v) is 8.61. The van der Waals surface area contributed by atoms with Gasteiger partial charge in [-0.25, -0.2) is 4.68 Å². The van der Waals surface area contributed by atoms with Gasteiger partial charge < -0.3 is 5.32 Å². The summed E-state index contributed by atoms with van der Waals surface area (Å²) in [5, 5.41) is 10.6. The van der Waals surface area contributed by atoms with Crippen molar-refractivity contribution in [2.45, 2.75) is 33.5 Å². The van der Waals surface area contributed by atoms with Crippen LogP contribution in [-0.2, 0) is 12.7 Å². The molecule has 3 aromatic rings. The standard InChI is InChI=1S/C20H19F3N4O/c1-12-7-8-17(9-13(12)2)27-14(3)18(25-26-27)19(28)24-11-15-5-4-6-16(10-15)20(21,22)23/h4-10H,11H2,1-3H3,(H,24,28). The fourth-order valence-electron chi connectivity index (χ4n) is 2.77. The molecule has 0 aliphatic heterocycles. The van der Waals surface area contributed by atoms with Crippen LogP contribution in [0.4, 0.5) is 13.2 Å². The molecule has 1 amide bonds. The van der Waals surface area contributed by atoms with E-state index in [2.05, 4.69) is 15.6 Å². The number of hydrogen-bond acceptors (Lipinski definition) is 3. The fourth-order valence-corrected chi connectivity index (χ4v) is 2.77. The van der Waals surface area contributed by atoms with Gasteiger partial charge in [-0.05, 0) is 61.7 Å². The molecular weight excluding hydrogens is 369 g/mol. The van der Waals surface area contributed by atoms with Gasteiger partial charge in [0.05, 0.1) is 16.9 Å². The number of aromatic nitrogens is 3. The Bertz CT molecular complexity index is 1020. The molecule has 8 heteroatoms. The molecule has 3 rings (SSSR count). The monoisotopic (exact) mass is 388 g/mol. The van der Waals surface area contributed by atoms with Crippen LogP contribution in [0.1, 0.15) is 38.4 Å². The van der Waals surface area contributed by atoms with Crippen molar-refractivity contribution >= 4 is 5.91 Å². The number of amides is 1. The lowest BCUT2D eigenvalue weighted by Gasteiger charge is -2.09. The Kier molecular flexibility index (Phi) is 5.22. The Labute approximate surface area is 160 Å². The predicted molar refractivity (Wildman–Crippen MR) is 98.2 cm³/mol. The van der Waals surface area contributed by atoms with Crippen LogP contribution in [0.15, 0.2) is 42.5 Å². The molecule has 0 radical (unpaired) electrons. The summed E-state index contributed by atoms with van der Waals surface area (Å²) >= 11 is 0. The van der Waals surface area contributed by atoms with Crippen LogP contribution in [0.25, 0.3) is 5.69 Å². The maximum Gasteiger partial charge on any atom is 0.416 e. The highest BCUT2D eigenvalue weighted by molar-refractivity contribution is 5.93. The van der Waals surface area contributed by atoms with Crippen LogP contribution in [0.5, 0.6) is 0 Å². The normalized spacial score (nSPS) is 11.5. The van der Waals surface area contributed by atoms with Gasteiger partial charge in [0.25, 0.3) is 5.91 Å². The van der Waals surface area contributed by atoms with E-state index in [-0.39, 0.29) is 12.2 Å². The zero-order valence-electron chi connectivity index (χ0n) is 15.6. The third kappa shape index (κ3) is 4.05. The zero-order chi connectivity index (χ0) is 20.5. The Balaban J connectivity index is 1.75. The SMILES string of the molecule is Cc1ccc(-n2nnc(C(=O)NCc3cccc(C(F)(F)F)c3)c2C)cc1C. The number of nitrogens with zero attached hydrogens (tertiary/aromatic N) is 3. The van der Waals surface area contributed by atoms with Gasteiger partial charge in [0.1, 0.15) is 0 Å². The summed E-state index contributed by atoms with van der Waals surface area (Å²) in [6.07, 6.45) is -4.43. The second kappa shape index (κ2) is 7.46. The van der Waals surface area contributed by atoms with Gasteiger partial charge in [-0.1, -0.05) is 23.4 Å². The molecule has 0 fully saturated rings. The van der Waals surface area contributed by atoms with Crippen LogP contribution in [0.3, 0.4) is 0 Å². The van der Waals surface area contributed by atoms with Crippen LogP contribution >= 0.6 is 0 Å². The third-order valence-electron chi connectivity index (χ3n) is 4.55. The van der Waals surface area contributed by atoms with E-state index in [0.717, 1.165) is 28.9 Å². The third-order valence-corrected chi connectivity index (χ3v) is 4.55. The highest BCUT2D eigenvalue weighted by Crippen LogP contribution is 2.29. The number of nitrogens with one attached hydrogen (secondary N) is 1. The summed E-state index contributed by atoms with van der Waals surface area (Å²) in [7, 11) is 0. The van der Waals surface area contributed by atoms with Crippen molar-refractivity contribution in [3.63, 3.8) is 0 Å². The van der Waals surface area contributed by atoms with E-state index in [9.17, 15) is 18.0 Å². The van der Waals surface area contributed by atoms with E-state index in [4.69, 9.17) is 0 Å². The topological polar surface area (TPSA) is 59.8 Å². The molecule has 146 valence electrons. The number of alkyl halides is 3. The number of carbonyl (C=O) groups is 1. The van der Waals surface area contributed by atoms with Gasteiger partial charge in [0.15, 0.2) is 5.69 Å². The van der Waals surface area contributed by atoms with E-state index in [1.165, 1.54) is 12.1 Å². The first-order valence-electron chi connectivity index (χ1n) is 8.61. The zero-order valence-corrected chi connectivity index (χ0v) is 15.6. The quantitative estimate of drug-likeness (QED) is 0.731. The van der Waals surface area contributed by atoms with E-state index in [1.807, 2.05) is 32.0 Å². The molecule has 0 aliphatic rings. The lowest BCUT2D eigenvalue weighted by molar-refractivity contribution is -0.137. The number of benzene rings is 2. The van der Waals surface area contributed by atoms with Crippen molar-refractivity contribution in [3.8, 4) is 5.69 Å². The molecule has 0 saturated carbocycles. The average Bonchev–Trinajstić information content (AvgIpc) is 3.03. The summed E-state index contributed by atoms with van der Waals surface area (Å²) < 4.78 is 39.9. The van der Waals surface area contributed by atoms with E-state index in [0.29, 0.717) is 11.3 Å². The molecule has 1 heterocycles. The number of halogens is 3. The van der Waals surface area contributed by atoms with Gasteiger partial charge >= 0.3 is 6.18 Å². The van der Waals surface area contributed by atoms with Gasteiger partial charge in [-0.3, -0.25) is 4.79 Å². The molecule has 0 unspecified atom stereocenters. The summed E-state index contributed by atoms with van der Waals surface area (Å²) in [5.74, 6) is -0.495. The van der Waals surface area contributed by atoms with Crippen LogP contribution in [0.2, 0.25) is 0 Å². The van der Waals surface area contributed by atoms with Crippen molar-refractivity contribution in [2.24, 2.45) is 0 Å². The molecule has 0 saturated heterocycles. The maximum absolute atomic E-state index is 12.8. The predicted octanol–water partition coefficient (Wildman–Crippen LogP) is 4.14. The summed E-state index contributed by atoms with van der Waals surface area (Å²) in [6, 6.07) is 10.6. The van der Waals surface area contributed by atoms with Crippen molar-refractivity contribution < 1.29 is 18.0 Å². The number of rotatable bonds is 4. The van der Waals surface area contributed by atoms with Gasteiger partial charge in [-0.2, -0.15) is 13.2 Å². The molecule has 2 aromatic carbocycles. The highest BCUT2D eigenvalue weighted by atomic mass is 19.4. The molecule has 28 heavy (non-hydrogen) atoms. The molecule has 0 bridgehead atoms. The number of carbonyl (C=O) groups excluding carboxylic acids is 1. The minimum atomic E-state index is -4.43. The van der Waals surface area contributed by atoms with Crippen molar-refractivity contribution in [2.75, 3.05) is 0 Å². The van der Waals surface area contributed by atoms with Gasteiger partial charge in [0, 0.05) is 6.54 Å². The van der Waals surface area contributed by atoms with E-state index < -0.39 is 17.6 Å². The molecular formula is C20H19F3N4O. The van der Waals surface area contributed by atoms with Crippen LogP contribution in [0, 0.1) is 20.8 Å². The Morgan fingerprint density at radius 3 is 2.50 bits per heavy atom. The van der Waals surface area contributed by atoms with Crippen molar-refractivity contribution in [3.05, 3.63) is 76.1 Å². The lowest BCUT2D eigenvalue weighted by atomic mass is 10.1. The summed E-state index contributed by atoms with van der Waals surface area (Å²) in [6.45, 7) is 5.65. The first kappa shape index (κ1) is 19.6. The average molecular weight is 388 g/mol. The largest absolute Gasteiger partial charge is 0.416 e. The van der Waals surface area contributed by atoms with E-state index >= 15 is 0 Å². The maximum atomic E-state index is 12.8. The van der Waals surface area contributed by atoms with Crippen molar-refractivity contribution in [1.29, 1.82) is 0 Å². The smallest absolute Gasteiger partial charge is 0.347 e. The highest BCUT2D eigenvalue weighted by Gasteiger charge is 2.30. The summed E-state index contributed by atoms with van der Waals surface area (Å²) in [4.78, 5) is 12.4. The van der Waals surface area contributed by atoms with Crippen LogP contribution in [-0.4, -0.2) is 20.9 Å². The molecule has 5 nitrogen and oxygen atoms in total. The minimum absolute atomic E-state index is 0.0430. The van der Waals surface area contributed by atoms with E-state index in [1.54, 1.807) is 11.6 Å². The molecule has 0 aliphatic carbocycles. The lowest BCUT2D eigenvalue weighted by Crippen LogP contribution is -2.24. The molecule has 0 atom stereocenters. The van der Waals surface area contributed by atoms with Gasteiger partial charge in [-0.15, -0.1) is 5.10 Å². The molecule has 0 spiro atoms. The Morgan fingerprint density at radius 1 is 1.07 bits per heavy atom. The first-order chi connectivity index (χ1) is 13.2. The molecule has 1 aromatic heterocycles. The molecule has 1 N–H and O–H groups in total. The van der Waals surface area contributed by atoms with Crippen LogP contribution < -0.4 is 5.32 Å². The van der Waals surface area contributed by atoms with Crippen molar-refractivity contribution in [1.82, 2.24) is 20.3 Å². The number of aryl methyl sites for hydroxylation is 2. The minimum Gasteiger partial charge on any atom is -0.347 e. The number of hydrogen-bond donors (Lipinski definition) is 1. The fraction of sp³-hybridized carbons (Fsp3) is 0.250. The second-order valence-electron chi connectivity index (χ2n) is 6.58. The summed E-state index contributed by atoms with van der Waals surface area (Å²) in [5.41, 5.74) is 3.28. The van der Waals surface area contributed by atoms with Gasteiger partial charge in [0.2, 0.25) is 0 Å². The Hall–Kier alpha value is -3.16. The Morgan fingerprint density at radius 2 is 1.82 bits per heavy atom.